The molecule has 0 radical (unpaired) electrons. The number of amides is 1. The van der Waals surface area contributed by atoms with Crippen LogP contribution in [0.3, 0.4) is 0 Å². The number of anilines is 1. The monoisotopic (exact) mass is 506 g/mol. The number of benzene rings is 2. The van der Waals surface area contributed by atoms with Gasteiger partial charge in [-0.2, -0.15) is 18.2 Å². The van der Waals surface area contributed by atoms with Crippen LogP contribution in [0, 0.1) is 5.82 Å². The zero-order chi connectivity index (χ0) is 23.3. The maximum atomic E-state index is 13.4. The Morgan fingerprint density at radius 1 is 1.16 bits per heavy atom. The number of hydrogen-bond acceptors (Lipinski definition) is 4. The number of amidine groups is 1. The summed E-state index contributed by atoms with van der Waals surface area (Å²) in [6, 6.07) is 7.86. The molecule has 170 valence electrons. The molecule has 5 nitrogen and oxygen atoms in total. The number of hydrogen-bond donors (Lipinski definition) is 0. The fraction of sp³-hybridized carbons (Fsp3) is 0.300. The maximum absolute atomic E-state index is 13.4. The van der Waals surface area contributed by atoms with E-state index in [-0.39, 0.29) is 28.8 Å². The Bertz CT molecular complexity index is 1200. The first-order valence-electron chi connectivity index (χ1n) is 9.32. The van der Waals surface area contributed by atoms with Crippen LogP contribution in [-0.4, -0.2) is 42.3 Å². The summed E-state index contributed by atoms with van der Waals surface area (Å²) in [6.07, 6.45) is -4.85. The maximum Gasteiger partial charge on any atom is 0.417 e. The third kappa shape index (κ3) is 4.79. The molecule has 0 bridgehead atoms. The number of alkyl halides is 3. The number of carbonyl (C=O) groups excluding carboxylic acids is 1. The van der Waals surface area contributed by atoms with E-state index in [2.05, 4.69) is 4.99 Å². The highest BCUT2D eigenvalue weighted by Gasteiger charge is 2.49. The number of carbonyl (C=O) groups is 1. The van der Waals surface area contributed by atoms with Crippen molar-refractivity contribution in [2.24, 2.45) is 4.99 Å². The lowest BCUT2D eigenvalue weighted by Gasteiger charge is -2.25. The number of fused-ring (bicyclic) bond motifs is 1. The smallest absolute Gasteiger partial charge is 0.316 e. The van der Waals surface area contributed by atoms with E-state index < -0.39 is 49.6 Å². The van der Waals surface area contributed by atoms with E-state index in [0.717, 1.165) is 23.9 Å². The molecule has 2 aliphatic rings. The number of thioether (sulfide) groups is 1. The second kappa shape index (κ2) is 8.35. The van der Waals surface area contributed by atoms with Crippen LogP contribution in [0.1, 0.15) is 11.1 Å². The van der Waals surface area contributed by atoms with Crippen LogP contribution in [0.15, 0.2) is 47.5 Å². The van der Waals surface area contributed by atoms with E-state index >= 15 is 0 Å². The highest BCUT2D eigenvalue weighted by atomic mass is 35.5. The molecule has 0 unspecified atom stereocenters. The van der Waals surface area contributed by atoms with Gasteiger partial charge in [0.25, 0.3) is 5.91 Å². The molecular formula is C20H15ClF4N2O3S2. The molecule has 4 rings (SSSR count). The van der Waals surface area contributed by atoms with Gasteiger partial charge >= 0.3 is 6.18 Å². The van der Waals surface area contributed by atoms with E-state index in [1.54, 1.807) is 0 Å². The van der Waals surface area contributed by atoms with Crippen LogP contribution < -0.4 is 4.90 Å². The molecule has 0 spiro atoms. The van der Waals surface area contributed by atoms with Gasteiger partial charge in [-0.25, -0.2) is 12.8 Å². The lowest BCUT2D eigenvalue weighted by atomic mass is 10.1. The zero-order valence-corrected chi connectivity index (χ0v) is 18.5. The van der Waals surface area contributed by atoms with Crippen molar-refractivity contribution >= 4 is 50.0 Å². The van der Waals surface area contributed by atoms with Crippen molar-refractivity contribution in [2.45, 2.75) is 23.9 Å². The van der Waals surface area contributed by atoms with Gasteiger partial charge in [-0.05, 0) is 35.9 Å². The number of sulfone groups is 1. The summed E-state index contributed by atoms with van der Waals surface area (Å²) >= 11 is 6.76. The summed E-state index contributed by atoms with van der Waals surface area (Å²) in [7, 11) is -3.38. The summed E-state index contributed by atoms with van der Waals surface area (Å²) in [5, 5.41) is -0.839. The predicted octanol–water partition coefficient (Wildman–Crippen LogP) is 4.34. The van der Waals surface area contributed by atoms with Crippen molar-refractivity contribution in [1.82, 2.24) is 0 Å². The van der Waals surface area contributed by atoms with Gasteiger partial charge in [0.1, 0.15) is 5.82 Å². The summed E-state index contributed by atoms with van der Waals surface area (Å²) in [5.74, 6) is -1.47. The second-order valence-electron chi connectivity index (χ2n) is 7.42. The van der Waals surface area contributed by atoms with Gasteiger partial charge in [-0.1, -0.05) is 35.5 Å². The highest BCUT2D eigenvalue weighted by Crippen LogP contribution is 2.43. The second-order valence-corrected chi connectivity index (χ2v) is 11.2. The first-order chi connectivity index (χ1) is 14.9. The topological polar surface area (TPSA) is 66.8 Å². The van der Waals surface area contributed by atoms with Crippen molar-refractivity contribution in [1.29, 1.82) is 0 Å². The van der Waals surface area contributed by atoms with E-state index in [0.29, 0.717) is 5.56 Å². The normalized spacial score (nSPS) is 23.5. The summed E-state index contributed by atoms with van der Waals surface area (Å²) < 4.78 is 77.4. The molecule has 2 heterocycles. The van der Waals surface area contributed by atoms with Crippen LogP contribution in [0.4, 0.5) is 23.2 Å². The number of rotatable bonds is 3. The third-order valence-electron chi connectivity index (χ3n) is 5.09. The quantitative estimate of drug-likeness (QED) is 0.579. The predicted molar refractivity (Wildman–Crippen MR) is 115 cm³/mol. The minimum absolute atomic E-state index is 0.0483. The fourth-order valence-electron chi connectivity index (χ4n) is 3.67. The van der Waals surface area contributed by atoms with Gasteiger partial charge < -0.3 is 4.90 Å². The standard InChI is InChI=1S/C20H15ClF4N2O3S2/c21-15-6-5-13(8-14(15)20(23,24)25)27-16-9-32(29,30)10-17(16)31-19(27)26-18(28)7-11-1-3-12(22)4-2-11/h1-6,8,16-17H,7,9-10H2/t16-,17-/m1/s1. The Balaban J connectivity index is 1.70. The van der Waals surface area contributed by atoms with Gasteiger partial charge in [-0.3, -0.25) is 4.79 Å². The Morgan fingerprint density at radius 2 is 1.84 bits per heavy atom. The summed E-state index contributed by atoms with van der Waals surface area (Å²) in [5.41, 5.74) is -0.501. The zero-order valence-electron chi connectivity index (χ0n) is 16.1. The van der Waals surface area contributed by atoms with Gasteiger partial charge in [0, 0.05) is 10.9 Å². The SMILES string of the molecule is O=C(Cc1ccc(F)cc1)N=C1S[C@@H]2CS(=O)(=O)C[C@H]2N1c1ccc(Cl)c(C(F)(F)F)c1. The van der Waals surface area contributed by atoms with Crippen molar-refractivity contribution in [3.05, 3.63) is 64.4 Å². The van der Waals surface area contributed by atoms with Gasteiger partial charge in [0.2, 0.25) is 0 Å². The molecule has 0 aromatic heterocycles. The van der Waals surface area contributed by atoms with Crippen molar-refractivity contribution in [2.75, 3.05) is 16.4 Å². The lowest BCUT2D eigenvalue weighted by Crippen LogP contribution is -2.38. The molecule has 0 saturated carbocycles. The average Bonchev–Trinajstić information content (AvgIpc) is 3.14. The van der Waals surface area contributed by atoms with Crippen LogP contribution in [-0.2, 0) is 27.2 Å². The Hall–Kier alpha value is -2.11. The minimum atomic E-state index is -4.71. The first kappa shape index (κ1) is 23.1. The van der Waals surface area contributed by atoms with E-state index in [4.69, 9.17) is 11.6 Å². The molecule has 2 aromatic carbocycles. The average molecular weight is 507 g/mol. The van der Waals surface area contributed by atoms with E-state index in [1.165, 1.54) is 35.2 Å². The van der Waals surface area contributed by atoms with Crippen molar-refractivity contribution < 1.29 is 30.8 Å². The Labute approximate surface area is 190 Å². The van der Waals surface area contributed by atoms with Crippen molar-refractivity contribution in [3.63, 3.8) is 0 Å². The molecule has 0 N–H and O–H groups in total. The van der Waals surface area contributed by atoms with Gasteiger partial charge in [0.15, 0.2) is 15.0 Å². The number of nitrogens with zero attached hydrogens (tertiary/aromatic N) is 2. The van der Waals surface area contributed by atoms with E-state index in [1.807, 2.05) is 0 Å². The Kier molecular flexibility index (Phi) is 6.01. The molecular weight excluding hydrogens is 492 g/mol. The highest BCUT2D eigenvalue weighted by molar-refractivity contribution is 8.16. The molecule has 2 aliphatic heterocycles. The molecule has 2 aromatic rings. The fourth-order valence-corrected chi connectivity index (χ4v) is 7.83. The van der Waals surface area contributed by atoms with E-state index in [9.17, 15) is 30.8 Å². The van der Waals surface area contributed by atoms with Crippen LogP contribution in [0.2, 0.25) is 5.02 Å². The summed E-state index contributed by atoms with van der Waals surface area (Å²) in [4.78, 5) is 17.9. The minimum Gasteiger partial charge on any atom is -0.316 e. The van der Waals surface area contributed by atoms with Crippen LogP contribution in [0.5, 0.6) is 0 Å². The largest absolute Gasteiger partial charge is 0.417 e. The Morgan fingerprint density at radius 3 is 2.50 bits per heavy atom. The van der Waals surface area contributed by atoms with Crippen LogP contribution >= 0.6 is 23.4 Å². The summed E-state index contributed by atoms with van der Waals surface area (Å²) in [6.45, 7) is 0. The first-order valence-corrected chi connectivity index (χ1v) is 12.4. The van der Waals surface area contributed by atoms with Gasteiger partial charge in [0.05, 0.1) is 34.6 Å². The third-order valence-corrected chi connectivity index (χ3v) is 8.63. The van der Waals surface area contributed by atoms with Crippen LogP contribution in [0.25, 0.3) is 0 Å². The van der Waals surface area contributed by atoms with Crippen molar-refractivity contribution in [3.8, 4) is 0 Å². The molecule has 1 amide bonds. The molecule has 2 fully saturated rings. The molecule has 2 saturated heterocycles. The molecule has 32 heavy (non-hydrogen) atoms. The number of halogens is 5. The molecule has 0 aliphatic carbocycles. The molecule has 12 heteroatoms. The van der Waals surface area contributed by atoms with Gasteiger partial charge in [-0.15, -0.1) is 0 Å². The number of aliphatic imine (C=N–C) groups is 1. The lowest BCUT2D eigenvalue weighted by molar-refractivity contribution is -0.137. The molecule has 2 atom stereocenters.